The van der Waals surface area contributed by atoms with Crippen molar-refractivity contribution in [3.63, 3.8) is 0 Å². The number of carbonyl (C=O) groups is 4. The molecule has 0 aromatic heterocycles. The van der Waals surface area contributed by atoms with E-state index in [1.54, 1.807) is 6.92 Å². The van der Waals surface area contributed by atoms with E-state index in [4.69, 9.17) is 0 Å². The van der Waals surface area contributed by atoms with Gasteiger partial charge in [0.2, 0.25) is 0 Å². The smallest absolute Gasteiger partial charge is 0.442 e. The van der Waals surface area contributed by atoms with Crippen LogP contribution in [0.5, 0.6) is 0 Å². The Kier molecular flexibility index (Phi) is 6.50. The molecule has 2 amide bonds. The Morgan fingerprint density at radius 2 is 1.81 bits per heavy atom. The van der Waals surface area contributed by atoms with E-state index < -0.39 is 17.8 Å². The summed E-state index contributed by atoms with van der Waals surface area (Å²) in [5, 5.41) is 0.183. The minimum absolute atomic E-state index is 0.00205. The first kappa shape index (κ1) is 14.1. The largest absolute Gasteiger partial charge is 0.458 e. The fourth-order valence-corrected chi connectivity index (χ4v) is 0.772. The van der Waals surface area contributed by atoms with Gasteiger partial charge in [0.25, 0.3) is 12.3 Å². The fourth-order valence-electron chi connectivity index (χ4n) is 0.772. The van der Waals surface area contributed by atoms with E-state index in [0.717, 1.165) is 0 Å². The van der Waals surface area contributed by atoms with Crippen molar-refractivity contribution in [2.75, 3.05) is 6.61 Å². The molecule has 0 saturated heterocycles. The molecule has 0 fully saturated rings. The summed E-state index contributed by atoms with van der Waals surface area (Å²) in [6, 6.07) is 0. The molecule has 0 unspecified atom stereocenters. The number of imide groups is 1. The summed E-state index contributed by atoms with van der Waals surface area (Å²) < 4.78 is 4.32. The van der Waals surface area contributed by atoms with Gasteiger partial charge in [-0.1, -0.05) is 6.92 Å². The third-order valence-corrected chi connectivity index (χ3v) is 1.43. The summed E-state index contributed by atoms with van der Waals surface area (Å²) in [4.78, 5) is 47.6. The number of carbonyl (C=O) groups excluding carboxylic acids is 4. The quantitative estimate of drug-likeness (QED) is 0.288. The van der Waals surface area contributed by atoms with Gasteiger partial charge in [-0.25, -0.2) is 9.59 Å². The van der Waals surface area contributed by atoms with Gasteiger partial charge in [0.15, 0.2) is 0 Å². The molecule has 0 aliphatic carbocycles. The second-order valence-electron chi connectivity index (χ2n) is 2.67. The molecule has 0 bridgehead atoms. The van der Waals surface area contributed by atoms with Crippen molar-refractivity contribution >= 4 is 24.3 Å². The summed E-state index contributed by atoms with van der Waals surface area (Å²) in [6.07, 6.45) is 0.546. The van der Waals surface area contributed by atoms with Gasteiger partial charge in [-0.05, 0) is 13.3 Å². The topological polar surface area (TPSA) is 90.0 Å². The highest BCUT2D eigenvalue weighted by Crippen LogP contribution is 1.97. The maximum Gasteiger partial charge on any atom is 0.442 e. The van der Waals surface area contributed by atoms with Crippen molar-refractivity contribution in [1.29, 1.82) is 0 Å². The zero-order valence-corrected chi connectivity index (χ0v) is 9.10. The van der Waals surface area contributed by atoms with E-state index in [1.807, 2.05) is 0 Å². The molecule has 7 heteroatoms. The Hall–Kier alpha value is -1.92. The van der Waals surface area contributed by atoms with Gasteiger partial charge in [0.1, 0.15) is 0 Å². The maximum atomic E-state index is 11.2. The zero-order chi connectivity index (χ0) is 12.6. The molecule has 0 aromatic carbocycles. The maximum absolute atomic E-state index is 11.2. The van der Waals surface area contributed by atoms with Crippen molar-refractivity contribution in [2.45, 2.75) is 26.7 Å². The molecule has 0 atom stereocenters. The van der Waals surface area contributed by atoms with Gasteiger partial charge in [0, 0.05) is 6.42 Å². The van der Waals surface area contributed by atoms with E-state index in [2.05, 4.69) is 9.57 Å². The fraction of sp³-hybridized carbons (Fsp3) is 0.556. The average Bonchev–Trinajstić information content (AvgIpc) is 2.26. The van der Waals surface area contributed by atoms with E-state index in [9.17, 15) is 19.2 Å². The van der Waals surface area contributed by atoms with Crippen LogP contribution in [0.25, 0.3) is 0 Å². The number of esters is 1. The van der Waals surface area contributed by atoms with Crippen molar-refractivity contribution in [1.82, 2.24) is 5.06 Å². The van der Waals surface area contributed by atoms with Gasteiger partial charge in [0.05, 0.1) is 6.61 Å². The van der Waals surface area contributed by atoms with Crippen LogP contribution >= 0.6 is 0 Å². The Balaban J connectivity index is 4.32. The van der Waals surface area contributed by atoms with Crippen LogP contribution in [0.1, 0.15) is 26.7 Å². The van der Waals surface area contributed by atoms with E-state index >= 15 is 0 Å². The molecule has 16 heavy (non-hydrogen) atoms. The average molecular weight is 231 g/mol. The summed E-state index contributed by atoms with van der Waals surface area (Å²) in [5.74, 6) is -3.35. The Bertz CT molecular complexity index is 288. The number of hydrogen-bond donors (Lipinski definition) is 0. The third kappa shape index (κ3) is 4.54. The van der Waals surface area contributed by atoms with Gasteiger partial charge in [-0.2, -0.15) is 0 Å². The Morgan fingerprint density at radius 1 is 1.19 bits per heavy atom. The highest BCUT2D eigenvalue weighted by atomic mass is 16.7. The lowest BCUT2D eigenvalue weighted by atomic mass is 10.3. The van der Waals surface area contributed by atoms with Crippen molar-refractivity contribution in [3.05, 3.63) is 0 Å². The summed E-state index contributed by atoms with van der Waals surface area (Å²) in [7, 11) is 0. The lowest BCUT2D eigenvalue weighted by Crippen LogP contribution is -2.35. The molecule has 0 saturated carbocycles. The summed E-state index contributed by atoms with van der Waals surface area (Å²) >= 11 is 0. The molecule has 0 aliphatic heterocycles. The van der Waals surface area contributed by atoms with Crippen molar-refractivity contribution in [2.24, 2.45) is 0 Å². The van der Waals surface area contributed by atoms with E-state index in [0.29, 0.717) is 6.42 Å². The molecule has 0 spiro atoms. The van der Waals surface area contributed by atoms with Gasteiger partial charge < -0.3 is 9.57 Å². The lowest BCUT2D eigenvalue weighted by Gasteiger charge is -2.12. The van der Waals surface area contributed by atoms with Crippen molar-refractivity contribution < 1.29 is 28.8 Å². The molecule has 0 heterocycles. The standard InChI is InChI=1S/C9H13NO6/c1-3-5-7(12)10(6-11)16-9(14)8(13)15-4-2/h6H,3-5H2,1-2H3. The molecule has 0 rings (SSSR count). The summed E-state index contributed by atoms with van der Waals surface area (Å²) in [6.45, 7) is 3.22. The van der Waals surface area contributed by atoms with Gasteiger partial charge >= 0.3 is 11.9 Å². The first-order valence-corrected chi connectivity index (χ1v) is 4.73. The van der Waals surface area contributed by atoms with Crippen LogP contribution in [0, 0.1) is 0 Å². The summed E-state index contributed by atoms with van der Waals surface area (Å²) in [5.41, 5.74) is 0. The molecule has 0 N–H and O–H groups in total. The van der Waals surface area contributed by atoms with E-state index in [-0.39, 0.29) is 24.5 Å². The highest BCUT2D eigenvalue weighted by Gasteiger charge is 2.23. The van der Waals surface area contributed by atoms with Crippen LogP contribution in [0.3, 0.4) is 0 Å². The van der Waals surface area contributed by atoms with Crippen LogP contribution < -0.4 is 0 Å². The Morgan fingerprint density at radius 3 is 2.25 bits per heavy atom. The Labute approximate surface area is 92.2 Å². The molecule has 90 valence electrons. The number of hydrogen-bond acceptors (Lipinski definition) is 6. The zero-order valence-electron chi connectivity index (χ0n) is 9.10. The lowest BCUT2D eigenvalue weighted by molar-refractivity contribution is -0.201. The van der Waals surface area contributed by atoms with Crippen molar-refractivity contribution in [3.8, 4) is 0 Å². The molecular formula is C9H13NO6. The monoisotopic (exact) mass is 231 g/mol. The number of ether oxygens (including phenoxy) is 1. The SMILES string of the molecule is CCCC(=O)N(C=O)OC(=O)C(=O)OCC. The number of nitrogens with zero attached hydrogens (tertiary/aromatic N) is 1. The predicted octanol–water partition coefficient (Wildman–Crippen LogP) is -0.207. The first-order chi connectivity index (χ1) is 7.56. The number of amides is 2. The van der Waals surface area contributed by atoms with Gasteiger partial charge in [-0.15, -0.1) is 5.06 Å². The van der Waals surface area contributed by atoms with Gasteiger partial charge in [-0.3, -0.25) is 9.59 Å². The van der Waals surface area contributed by atoms with Crippen LogP contribution in [-0.2, 0) is 28.8 Å². The molecule has 0 radical (unpaired) electrons. The van der Waals surface area contributed by atoms with E-state index in [1.165, 1.54) is 6.92 Å². The minimum atomic E-state index is -1.40. The molecule has 0 aliphatic rings. The van der Waals surface area contributed by atoms with Crippen LogP contribution in [0.4, 0.5) is 0 Å². The van der Waals surface area contributed by atoms with Crippen LogP contribution in [0.15, 0.2) is 0 Å². The van der Waals surface area contributed by atoms with Crippen LogP contribution in [-0.4, -0.2) is 35.9 Å². The number of hydroxylamine groups is 2. The first-order valence-electron chi connectivity index (χ1n) is 4.73. The molecule has 7 nitrogen and oxygen atoms in total. The van der Waals surface area contributed by atoms with Crippen LogP contribution in [0.2, 0.25) is 0 Å². The third-order valence-electron chi connectivity index (χ3n) is 1.43. The predicted molar refractivity (Wildman–Crippen MR) is 50.5 cm³/mol. The number of rotatable bonds is 4. The second kappa shape index (κ2) is 7.38. The normalized spacial score (nSPS) is 9.12. The minimum Gasteiger partial charge on any atom is -0.458 e. The molecule has 0 aromatic rings. The second-order valence-corrected chi connectivity index (χ2v) is 2.67. The molecular weight excluding hydrogens is 218 g/mol. The highest BCUT2D eigenvalue weighted by molar-refractivity contribution is 6.29.